The van der Waals surface area contributed by atoms with Gasteiger partial charge in [0, 0.05) is 36.0 Å². The fourth-order valence-electron chi connectivity index (χ4n) is 3.62. The molecule has 0 saturated heterocycles. The molecule has 26 heavy (non-hydrogen) atoms. The predicted octanol–water partition coefficient (Wildman–Crippen LogP) is 3.26. The zero-order chi connectivity index (χ0) is 18.5. The van der Waals surface area contributed by atoms with E-state index in [1.54, 1.807) is 6.07 Å². The Morgan fingerprint density at radius 1 is 1.27 bits per heavy atom. The number of aromatic nitrogens is 1. The molecule has 0 atom stereocenters. The lowest BCUT2D eigenvalue weighted by molar-refractivity contribution is -0.116. The second-order valence-corrected chi connectivity index (χ2v) is 6.82. The maximum absolute atomic E-state index is 13.7. The third-order valence-corrected chi connectivity index (χ3v) is 4.81. The lowest BCUT2D eigenvalue weighted by Gasteiger charge is -2.20. The Bertz CT molecular complexity index is 941. The van der Waals surface area contributed by atoms with Crippen LogP contribution in [0.15, 0.2) is 24.4 Å². The average Bonchev–Trinajstić information content (AvgIpc) is 2.89. The first-order valence-corrected chi connectivity index (χ1v) is 8.42. The molecule has 2 aliphatic rings. The van der Waals surface area contributed by atoms with Crippen molar-refractivity contribution in [3.8, 4) is 0 Å². The van der Waals surface area contributed by atoms with Crippen LogP contribution in [0.5, 0.6) is 0 Å². The van der Waals surface area contributed by atoms with Crippen LogP contribution in [0.1, 0.15) is 39.2 Å². The summed E-state index contributed by atoms with van der Waals surface area (Å²) in [5, 5.41) is 5.63. The molecule has 7 heteroatoms. The van der Waals surface area contributed by atoms with Gasteiger partial charge in [-0.15, -0.1) is 0 Å². The molecular weight excluding hydrogens is 340 g/mol. The average molecular weight is 357 g/mol. The molecule has 0 spiro atoms. The van der Waals surface area contributed by atoms with Crippen LogP contribution in [0, 0.1) is 6.92 Å². The van der Waals surface area contributed by atoms with Crippen LogP contribution >= 0.6 is 0 Å². The monoisotopic (exact) mass is 357 g/mol. The van der Waals surface area contributed by atoms with E-state index in [0.29, 0.717) is 24.1 Å². The van der Waals surface area contributed by atoms with Crippen LogP contribution in [0.4, 0.5) is 20.2 Å². The molecule has 0 fully saturated rings. The van der Waals surface area contributed by atoms with Gasteiger partial charge in [0.2, 0.25) is 5.91 Å². The van der Waals surface area contributed by atoms with Gasteiger partial charge in [0.1, 0.15) is 0 Å². The molecule has 2 amide bonds. The van der Waals surface area contributed by atoms with Crippen molar-refractivity contribution in [3.05, 3.63) is 52.3 Å². The van der Waals surface area contributed by atoms with E-state index in [9.17, 15) is 18.4 Å². The van der Waals surface area contributed by atoms with Gasteiger partial charge in [0.25, 0.3) is 11.8 Å². The van der Waals surface area contributed by atoms with Gasteiger partial charge < -0.3 is 10.6 Å². The molecule has 4 rings (SSSR count). The van der Waals surface area contributed by atoms with Gasteiger partial charge in [0.05, 0.1) is 12.1 Å². The molecule has 1 aromatic carbocycles. The Morgan fingerprint density at radius 2 is 2.08 bits per heavy atom. The number of hydrogen-bond donors (Lipinski definition) is 2. The number of alkyl halides is 2. The second-order valence-electron chi connectivity index (χ2n) is 6.82. The number of hydrogen-bond acceptors (Lipinski definition) is 3. The molecule has 2 heterocycles. The normalized spacial score (nSPS) is 17.3. The van der Waals surface area contributed by atoms with Crippen molar-refractivity contribution < 1.29 is 18.4 Å². The highest BCUT2D eigenvalue weighted by atomic mass is 19.3. The molecule has 1 aliphatic heterocycles. The van der Waals surface area contributed by atoms with Gasteiger partial charge in [-0.3, -0.25) is 14.6 Å². The predicted molar refractivity (Wildman–Crippen MR) is 92.7 cm³/mol. The highest BCUT2D eigenvalue weighted by Gasteiger charge is 2.40. The minimum absolute atomic E-state index is 0.0225. The van der Waals surface area contributed by atoms with E-state index >= 15 is 0 Å². The SMILES string of the molecule is Cc1cc(NC(=O)c2ccnc3c2CC(F)(F)C3)cc2c1NC(=O)CC2. The van der Waals surface area contributed by atoms with Crippen molar-refractivity contribution in [2.75, 3.05) is 10.6 Å². The summed E-state index contributed by atoms with van der Waals surface area (Å²) in [6.07, 6.45) is 1.50. The van der Waals surface area contributed by atoms with Crippen LogP contribution in [0.25, 0.3) is 0 Å². The number of rotatable bonds is 2. The number of fused-ring (bicyclic) bond motifs is 2. The Balaban J connectivity index is 1.62. The topological polar surface area (TPSA) is 71.1 Å². The Labute approximate surface area is 148 Å². The zero-order valence-electron chi connectivity index (χ0n) is 14.2. The van der Waals surface area contributed by atoms with Crippen molar-refractivity contribution in [1.82, 2.24) is 4.98 Å². The third kappa shape index (κ3) is 2.94. The summed E-state index contributed by atoms with van der Waals surface area (Å²) in [7, 11) is 0. The fourth-order valence-corrected chi connectivity index (χ4v) is 3.62. The van der Waals surface area contributed by atoms with Gasteiger partial charge in [-0.05, 0) is 48.2 Å². The molecule has 1 aliphatic carbocycles. The number of benzene rings is 1. The van der Waals surface area contributed by atoms with Crippen LogP contribution < -0.4 is 10.6 Å². The molecule has 5 nitrogen and oxygen atoms in total. The Kier molecular flexibility index (Phi) is 3.75. The van der Waals surface area contributed by atoms with E-state index in [4.69, 9.17) is 0 Å². The van der Waals surface area contributed by atoms with Crippen molar-refractivity contribution in [1.29, 1.82) is 0 Å². The highest BCUT2D eigenvalue weighted by Crippen LogP contribution is 2.35. The first-order valence-electron chi connectivity index (χ1n) is 8.42. The first-order chi connectivity index (χ1) is 12.3. The smallest absolute Gasteiger partial charge is 0.257 e. The number of carbonyl (C=O) groups is 2. The van der Waals surface area contributed by atoms with E-state index in [2.05, 4.69) is 15.6 Å². The number of anilines is 2. The summed E-state index contributed by atoms with van der Waals surface area (Å²) in [5.74, 6) is -3.31. The minimum Gasteiger partial charge on any atom is -0.326 e. The van der Waals surface area contributed by atoms with Gasteiger partial charge >= 0.3 is 0 Å². The zero-order valence-corrected chi connectivity index (χ0v) is 14.2. The molecule has 2 aromatic rings. The Morgan fingerprint density at radius 3 is 2.88 bits per heavy atom. The number of halogens is 2. The van der Waals surface area contributed by atoms with Crippen molar-refractivity contribution in [3.63, 3.8) is 0 Å². The van der Waals surface area contributed by atoms with E-state index in [0.717, 1.165) is 16.8 Å². The van der Waals surface area contributed by atoms with Gasteiger partial charge in [-0.25, -0.2) is 8.78 Å². The second kappa shape index (κ2) is 5.86. The van der Waals surface area contributed by atoms with Crippen LogP contribution in [-0.4, -0.2) is 22.7 Å². The largest absolute Gasteiger partial charge is 0.326 e. The van der Waals surface area contributed by atoms with E-state index < -0.39 is 24.7 Å². The lowest BCUT2D eigenvalue weighted by Crippen LogP contribution is -2.21. The summed E-state index contributed by atoms with van der Waals surface area (Å²) in [5.41, 5.74) is 3.99. The summed E-state index contributed by atoms with van der Waals surface area (Å²) in [6, 6.07) is 5.05. The van der Waals surface area contributed by atoms with Gasteiger partial charge in [-0.1, -0.05) is 0 Å². The quantitative estimate of drug-likeness (QED) is 0.867. The summed E-state index contributed by atoms with van der Waals surface area (Å²) >= 11 is 0. The molecule has 0 radical (unpaired) electrons. The third-order valence-electron chi connectivity index (χ3n) is 4.81. The van der Waals surface area contributed by atoms with Crippen LogP contribution in [-0.2, 0) is 24.1 Å². The number of amides is 2. The Hall–Kier alpha value is -2.83. The number of aryl methyl sites for hydroxylation is 2. The standard InChI is InChI=1S/C19H17F2N3O2/c1-10-6-12(7-11-2-3-16(25)24-17(10)11)23-18(26)13-4-5-22-15-9-19(20,21)8-14(13)15/h4-7H,2-3,8-9H2,1H3,(H,23,26)(H,24,25). The van der Waals surface area contributed by atoms with E-state index in [1.807, 2.05) is 13.0 Å². The fraction of sp³-hybridized carbons (Fsp3) is 0.316. The molecule has 0 bridgehead atoms. The number of pyridine rings is 1. The maximum Gasteiger partial charge on any atom is 0.257 e. The highest BCUT2D eigenvalue weighted by molar-refractivity contribution is 6.06. The van der Waals surface area contributed by atoms with Crippen molar-refractivity contribution in [2.45, 2.75) is 38.5 Å². The molecule has 0 saturated carbocycles. The summed E-state index contributed by atoms with van der Waals surface area (Å²) < 4.78 is 27.3. The molecular formula is C19H17F2N3O2. The van der Waals surface area contributed by atoms with Crippen LogP contribution in [0.3, 0.4) is 0 Å². The molecule has 2 N–H and O–H groups in total. The summed E-state index contributed by atoms with van der Waals surface area (Å²) in [4.78, 5) is 28.2. The van der Waals surface area contributed by atoms with E-state index in [1.165, 1.54) is 12.3 Å². The number of carbonyl (C=O) groups excluding carboxylic acids is 2. The lowest BCUT2D eigenvalue weighted by atomic mass is 9.98. The van der Waals surface area contributed by atoms with Crippen molar-refractivity contribution >= 4 is 23.2 Å². The van der Waals surface area contributed by atoms with Crippen LogP contribution in [0.2, 0.25) is 0 Å². The molecule has 134 valence electrons. The van der Waals surface area contributed by atoms with Gasteiger partial charge in [0.15, 0.2) is 0 Å². The number of nitrogens with zero attached hydrogens (tertiary/aromatic N) is 1. The van der Waals surface area contributed by atoms with Crippen molar-refractivity contribution in [2.24, 2.45) is 0 Å². The molecule has 1 aromatic heterocycles. The summed E-state index contributed by atoms with van der Waals surface area (Å²) in [6.45, 7) is 1.85. The van der Waals surface area contributed by atoms with Gasteiger partial charge in [-0.2, -0.15) is 0 Å². The maximum atomic E-state index is 13.7. The first kappa shape index (κ1) is 16.6. The molecule has 0 unspecified atom stereocenters. The number of nitrogens with one attached hydrogen (secondary N) is 2. The minimum atomic E-state index is -2.85. The van der Waals surface area contributed by atoms with E-state index in [-0.39, 0.29) is 17.2 Å².